The van der Waals surface area contributed by atoms with Crippen molar-refractivity contribution in [2.24, 2.45) is 0 Å². The Morgan fingerprint density at radius 3 is 2.59 bits per heavy atom. The van der Waals surface area contributed by atoms with Crippen LogP contribution >= 0.6 is 11.5 Å². The van der Waals surface area contributed by atoms with Crippen LogP contribution in [0.5, 0.6) is 0 Å². The van der Waals surface area contributed by atoms with Gasteiger partial charge in [-0.1, -0.05) is 12.8 Å². The molecule has 1 aliphatic heterocycles. The lowest BCUT2D eigenvalue weighted by molar-refractivity contribution is -0.131. The summed E-state index contributed by atoms with van der Waals surface area (Å²) in [4.78, 5) is 32.0. The molecule has 118 valence electrons. The normalized spacial score (nSPS) is 16.0. The molecule has 2 aromatic heterocycles. The molecule has 0 atom stereocenters. The highest BCUT2D eigenvalue weighted by atomic mass is 32.1. The third kappa shape index (κ3) is 2.92. The second-order valence-corrected chi connectivity index (χ2v) is 7.00. The van der Waals surface area contributed by atoms with Gasteiger partial charge in [0.25, 0.3) is 5.56 Å². The average Bonchev–Trinajstić information content (AvgIpc) is 2.67. The molecule has 0 unspecified atom stereocenters. The van der Waals surface area contributed by atoms with Gasteiger partial charge in [0.1, 0.15) is 11.4 Å². The predicted molar refractivity (Wildman–Crippen MR) is 88.4 cm³/mol. The Morgan fingerprint density at radius 2 is 1.91 bits per heavy atom. The summed E-state index contributed by atoms with van der Waals surface area (Å²) in [5.41, 5.74) is 1.75. The fourth-order valence-electron chi connectivity index (χ4n) is 3.05. The summed E-state index contributed by atoms with van der Waals surface area (Å²) >= 11 is 1.30. The average molecular weight is 319 g/mol. The predicted octanol–water partition coefficient (Wildman–Crippen LogP) is 2.48. The molecule has 0 bridgehead atoms. The van der Waals surface area contributed by atoms with Crippen LogP contribution in [0.2, 0.25) is 0 Å². The van der Waals surface area contributed by atoms with Gasteiger partial charge < -0.3 is 4.90 Å². The Balaban J connectivity index is 1.87. The molecule has 6 heteroatoms. The van der Waals surface area contributed by atoms with Gasteiger partial charge in [0.05, 0.1) is 5.39 Å². The zero-order valence-corrected chi connectivity index (χ0v) is 13.9. The van der Waals surface area contributed by atoms with E-state index in [9.17, 15) is 9.59 Å². The molecule has 3 rings (SSSR count). The van der Waals surface area contributed by atoms with Crippen molar-refractivity contribution in [2.45, 2.75) is 46.1 Å². The first-order valence-corrected chi connectivity index (χ1v) is 8.59. The molecule has 0 radical (unpaired) electrons. The number of aromatic nitrogens is 2. The smallest absolute Gasteiger partial charge is 0.270 e. The van der Waals surface area contributed by atoms with E-state index in [-0.39, 0.29) is 18.0 Å². The number of carbonyl (C=O) groups is 1. The van der Waals surface area contributed by atoms with Gasteiger partial charge in [-0.25, -0.2) is 4.98 Å². The van der Waals surface area contributed by atoms with E-state index in [2.05, 4.69) is 4.98 Å². The lowest BCUT2D eigenvalue weighted by Gasteiger charge is -2.19. The summed E-state index contributed by atoms with van der Waals surface area (Å²) in [5, 5.41) is 0.652. The minimum absolute atomic E-state index is 0.0462. The number of aryl methyl sites for hydroxylation is 2. The molecule has 22 heavy (non-hydrogen) atoms. The van der Waals surface area contributed by atoms with Gasteiger partial charge in [-0.15, -0.1) is 0 Å². The van der Waals surface area contributed by atoms with E-state index >= 15 is 0 Å². The van der Waals surface area contributed by atoms with E-state index in [4.69, 9.17) is 0 Å². The first-order valence-electron chi connectivity index (χ1n) is 7.82. The van der Waals surface area contributed by atoms with Crippen LogP contribution in [-0.4, -0.2) is 32.8 Å². The quantitative estimate of drug-likeness (QED) is 0.854. The highest BCUT2D eigenvalue weighted by Crippen LogP contribution is 2.19. The standard InChI is InChI=1S/C16H21N3O2S/c1-11-9-12(2)17-15-14(11)16(21)19(22-15)10-13(20)18-7-5-3-4-6-8-18/h9H,3-8,10H2,1-2H3. The maximum Gasteiger partial charge on any atom is 0.270 e. The Kier molecular flexibility index (Phi) is 4.29. The van der Waals surface area contributed by atoms with Crippen LogP contribution in [0.15, 0.2) is 10.9 Å². The summed E-state index contributed by atoms with van der Waals surface area (Å²) in [5.74, 6) is 0.0462. The first-order chi connectivity index (χ1) is 10.6. The molecule has 2 aromatic rings. The molecule has 1 fully saturated rings. The van der Waals surface area contributed by atoms with Crippen molar-refractivity contribution >= 4 is 27.7 Å². The zero-order valence-electron chi connectivity index (χ0n) is 13.1. The number of hydrogen-bond donors (Lipinski definition) is 0. The summed E-state index contributed by atoms with van der Waals surface area (Å²) in [6.07, 6.45) is 4.50. The van der Waals surface area contributed by atoms with Gasteiger partial charge in [0.15, 0.2) is 0 Å². The fraction of sp³-hybridized carbons (Fsp3) is 0.562. The van der Waals surface area contributed by atoms with Crippen LogP contribution in [0, 0.1) is 13.8 Å². The van der Waals surface area contributed by atoms with Crippen molar-refractivity contribution in [2.75, 3.05) is 13.1 Å². The Morgan fingerprint density at radius 1 is 1.23 bits per heavy atom. The largest absolute Gasteiger partial charge is 0.341 e. The summed E-state index contributed by atoms with van der Waals surface area (Å²) < 4.78 is 1.55. The van der Waals surface area contributed by atoms with Crippen molar-refractivity contribution in [3.8, 4) is 0 Å². The SMILES string of the molecule is Cc1cc(C)c2c(=O)n(CC(=O)N3CCCCCC3)sc2n1. The highest BCUT2D eigenvalue weighted by Gasteiger charge is 2.19. The lowest BCUT2D eigenvalue weighted by Crippen LogP contribution is -2.35. The van der Waals surface area contributed by atoms with Gasteiger partial charge >= 0.3 is 0 Å². The Labute approximate surface area is 133 Å². The third-order valence-electron chi connectivity index (χ3n) is 4.19. The van der Waals surface area contributed by atoms with Gasteiger partial charge in [-0.05, 0) is 49.9 Å². The summed E-state index contributed by atoms with van der Waals surface area (Å²) in [7, 11) is 0. The molecule has 0 saturated carbocycles. The number of likely N-dealkylation sites (tertiary alicyclic amines) is 1. The van der Waals surface area contributed by atoms with Crippen molar-refractivity contribution in [3.63, 3.8) is 0 Å². The second kappa shape index (κ2) is 6.20. The van der Waals surface area contributed by atoms with Crippen molar-refractivity contribution < 1.29 is 4.79 Å². The van der Waals surface area contributed by atoms with Gasteiger partial charge in [-0.3, -0.25) is 13.5 Å². The van der Waals surface area contributed by atoms with E-state index in [0.717, 1.165) is 42.0 Å². The molecular weight excluding hydrogens is 298 g/mol. The minimum Gasteiger partial charge on any atom is -0.341 e. The maximum atomic E-state index is 12.5. The van der Waals surface area contributed by atoms with E-state index in [1.54, 1.807) is 3.96 Å². The molecule has 0 aliphatic carbocycles. The summed E-state index contributed by atoms with van der Waals surface area (Å²) in [6.45, 7) is 5.61. The Hall–Kier alpha value is -1.69. The molecule has 1 aliphatic rings. The second-order valence-electron chi connectivity index (χ2n) is 5.99. The van der Waals surface area contributed by atoms with E-state index < -0.39 is 0 Å². The van der Waals surface area contributed by atoms with Crippen LogP contribution in [0.4, 0.5) is 0 Å². The van der Waals surface area contributed by atoms with Crippen LogP contribution in [-0.2, 0) is 11.3 Å². The number of rotatable bonds is 2. The molecule has 5 nitrogen and oxygen atoms in total. The van der Waals surface area contributed by atoms with E-state index in [1.165, 1.54) is 24.4 Å². The molecule has 3 heterocycles. The van der Waals surface area contributed by atoms with Gasteiger partial charge in [0.2, 0.25) is 5.91 Å². The van der Waals surface area contributed by atoms with Crippen LogP contribution in [0.1, 0.15) is 36.9 Å². The van der Waals surface area contributed by atoms with E-state index in [0.29, 0.717) is 5.39 Å². The van der Waals surface area contributed by atoms with Crippen molar-refractivity contribution in [1.82, 2.24) is 13.8 Å². The molecule has 1 amide bonds. The minimum atomic E-state index is -0.0897. The number of carbonyl (C=O) groups excluding carboxylic acids is 1. The number of pyridine rings is 1. The Bertz CT molecular complexity index is 755. The van der Waals surface area contributed by atoms with Crippen molar-refractivity contribution in [1.29, 1.82) is 0 Å². The molecule has 0 N–H and O–H groups in total. The maximum absolute atomic E-state index is 12.5. The molecule has 0 aromatic carbocycles. The van der Waals surface area contributed by atoms with Crippen LogP contribution in [0.3, 0.4) is 0 Å². The fourth-order valence-corrected chi connectivity index (χ4v) is 4.13. The highest BCUT2D eigenvalue weighted by molar-refractivity contribution is 7.13. The first kappa shape index (κ1) is 15.2. The monoisotopic (exact) mass is 319 g/mol. The van der Waals surface area contributed by atoms with Gasteiger partial charge in [0, 0.05) is 18.8 Å². The van der Waals surface area contributed by atoms with Crippen LogP contribution < -0.4 is 5.56 Å². The number of nitrogens with zero attached hydrogens (tertiary/aromatic N) is 3. The zero-order chi connectivity index (χ0) is 15.7. The number of fused-ring (bicyclic) bond motifs is 1. The summed E-state index contributed by atoms with van der Waals surface area (Å²) in [6, 6.07) is 1.91. The molecule has 1 saturated heterocycles. The third-order valence-corrected chi connectivity index (χ3v) is 5.17. The van der Waals surface area contributed by atoms with Crippen molar-refractivity contribution in [3.05, 3.63) is 27.7 Å². The number of hydrogen-bond acceptors (Lipinski definition) is 4. The molecule has 0 spiro atoms. The number of amides is 1. The topological polar surface area (TPSA) is 55.2 Å². The molecular formula is C16H21N3O2S. The van der Waals surface area contributed by atoms with Crippen LogP contribution in [0.25, 0.3) is 10.2 Å². The van der Waals surface area contributed by atoms with Gasteiger partial charge in [-0.2, -0.15) is 0 Å². The lowest BCUT2D eigenvalue weighted by atomic mass is 10.2. The van der Waals surface area contributed by atoms with E-state index in [1.807, 2.05) is 24.8 Å².